The van der Waals surface area contributed by atoms with Crippen LogP contribution in [0, 0.1) is 22.7 Å². The third-order valence-corrected chi connectivity index (χ3v) is 10.8. The lowest BCUT2D eigenvalue weighted by Crippen LogP contribution is -2.69. The molecule has 0 heterocycles. The molecule has 6 nitrogen and oxygen atoms in total. The number of unbranched alkanes of at least 4 members (excludes halogenated alkanes) is 1. The molecule has 7 atom stereocenters. The minimum absolute atomic E-state index is 0.0498. The number of fused-ring (bicyclic) bond motifs is 5. The van der Waals surface area contributed by atoms with Gasteiger partial charge in [0.05, 0.1) is 11.0 Å². The van der Waals surface area contributed by atoms with Crippen molar-refractivity contribution in [3.63, 3.8) is 0 Å². The molecular formula is C27H37ClO6. The maximum atomic E-state index is 13.2. The van der Waals surface area contributed by atoms with E-state index in [0.717, 1.165) is 17.6 Å². The molecule has 1 unspecified atom stereocenters. The van der Waals surface area contributed by atoms with Gasteiger partial charge in [0.2, 0.25) is 5.78 Å². The third kappa shape index (κ3) is 3.17. The number of carbonyl (C=O) groups is 3. The summed E-state index contributed by atoms with van der Waals surface area (Å²) >= 11 is 7.51. The number of allylic oxidation sites excluding steroid dienone is 4. The maximum absolute atomic E-state index is 13.2. The maximum Gasteiger partial charge on any atom is 0.306 e. The first-order valence-electron chi connectivity index (χ1n) is 12.6. The number of alkyl halides is 1. The van der Waals surface area contributed by atoms with Crippen LogP contribution in [0.3, 0.4) is 0 Å². The van der Waals surface area contributed by atoms with Gasteiger partial charge in [0, 0.05) is 17.3 Å². The predicted molar refractivity (Wildman–Crippen MR) is 128 cm³/mol. The zero-order valence-corrected chi connectivity index (χ0v) is 21.4. The molecule has 0 spiro atoms. The van der Waals surface area contributed by atoms with Gasteiger partial charge in [-0.05, 0) is 69.4 Å². The summed E-state index contributed by atoms with van der Waals surface area (Å²) in [7, 11) is 0. The Morgan fingerprint density at radius 1 is 1.21 bits per heavy atom. The number of ketones is 2. The zero-order chi connectivity index (χ0) is 25.1. The number of ether oxygens (including phenoxy) is 1. The van der Waals surface area contributed by atoms with Gasteiger partial charge < -0.3 is 14.9 Å². The number of aliphatic hydroxyl groups is 2. The molecule has 0 aromatic rings. The van der Waals surface area contributed by atoms with Crippen molar-refractivity contribution in [2.24, 2.45) is 22.7 Å². The van der Waals surface area contributed by atoms with Crippen molar-refractivity contribution >= 4 is 29.1 Å². The molecular weight excluding hydrogens is 456 g/mol. The number of aliphatic hydroxyl groups excluding tert-OH is 2. The molecule has 0 saturated heterocycles. The molecule has 3 fully saturated rings. The van der Waals surface area contributed by atoms with E-state index in [2.05, 4.69) is 0 Å². The quantitative estimate of drug-likeness (QED) is 0.428. The molecule has 0 amide bonds. The van der Waals surface area contributed by atoms with E-state index in [0.29, 0.717) is 32.1 Å². The van der Waals surface area contributed by atoms with Gasteiger partial charge in [-0.3, -0.25) is 14.4 Å². The molecule has 34 heavy (non-hydrogen) atoms. The van der Waals surface area contributed by atoms with Gasteiger partial charge >= 0.3 is 5.97 Å². The number of halogens is 1. The van der Waals surface area contributed by atoms with Gasteiger partial charge in [0.1, 0.15) is 6.61 Å². The van der Waals surface area contributed by atoms with Crippen molar-refractivity contribution in [2.75, 3.05) is 6.61 Å². The van der Waals surface area contributed by atoms with Crippen molar-refractivity contribution in [2.45, 2.75) is 95.6 Å². The normalized spacial score (nSPS) is 43.3. The molecule has 0 bridgehead atoms. The molecule has 2 N–H and O–H groups in total. The smallest absolute Gasteiger partial charge is 0.306 e. The van der Waals surface area contributed by atoms with E-state index < -0.39 is 45.8 Å². The molecule has 0 radical (unpaired) electrons. The number of hydrogen-bond acceptors (Lipinski definition) is 6. The lowest BCUT2D eigenvalue weighted by atomic mass is 9.44. The van der Waals surface area contributed by atoms with Gasteiger partial charge in [-0.25, -0.2) is 0 Å². The number of carbonyl (C=O) groups excluding carboxylic acids is 3. The number of esters is 1. The highest BCUT2D eigenvalue weighted by atomic mass is 35.5. The van der Waals surface area contributed by atoms with E-state index in [1.807, 2.05) is 27.7 Å². The summed E-state index contributed by atoms with van der Waals surface area (Å²) in [5.74, 6) is -1.21. The van der Waals surface area contributed by atoms with E-state index >= 15 is 0 Å². The van der Waals surface area contributed by atoms with Crippen LogP contribution in [0.4, 0.5) is 0 Å². The van der Waals surface area contributed by atoms with Crippen LogP contribution >= 0.6 is 11.6 Å². The fourth-order valence-corrected chi connectivity index (χ4v) is 8.56. The topological polar surface area (TPSA) is 101 Å². The van der Waals surface area contributed by atoms with Gasteiger partial charge in [-0.1, -0.05) is 38.3 Å². The van der Waals surface area contributed by atoms with Crippen LogP contribution in [-0.2, 0) is 19.1 Å². The second kappa shape index (κ2) is 8.56. The first-order valence-corrected chi connectivity index (χ1v) is 13.0. The third-order valence-electron chi connectivity index (χ3n) is 9.89. The van der Waals surface area contributed by atoms with Crippen LogP contribution in [-0.4, -0.2) is 50.9 Å². The molecule has 188 valence electrons. The van der Waals surface area contributed by atoms with Gasteiger partial charge in [0.25, 0.3) is 0 Å². The predicted octanol–water partition coefficient (Wildman–Crippen LogP) is 4.05. The SMILES string of the molecule is CCCCC(=O)O[C@]1(C(=O)CO)CC[C@H]2[C@@H]3CCC4=CC(=O)C=C(C)[C@]4(C)[C@@]3(Cl)C(O)C[C@@]21C. The van der Waals surface area contributed by atoms with Gasteiger partial charge in [-0.15, -0.1) is 11.6 Å². The second-order valence-electron chi connectivity index (χ2n) is 11.2. The summed E-state index contributed by atoms with van der Waals surface area (Å²) in [4.78, 5) is 37.2. The highest BCUT2D eigenvalue weighted by Gasteiger charge is 2.74. The highest BCUT2D eigenvalue weighted by molar-refractivity contribution is 6.26. The lowest BCUT2D eigenvalue weighted by molar-refractivity contribution is -0.197. The fraction of sp³-hybridized carbons (Fsp3) is 0.741. The van der Waals surface area contributed by atoms with Crippen molar-refractivity contribution in [1.82, 2.24) is 0 Å². The van der Waals surface area contributed by atoms with Gasteiger partial charge in [0.15, 0.2) is 11.4 Å². The Bertz CT molecular complexity index is 970. The summed E-state index contributed by atoms with van der Waals surface area (Å²) in [6, 6.07) is 0. The molecule has 4 aliphatic carbocycles. The van der Waals surface area contributed by atoms with Crippen LogP contribution in [0.2, 0.25) is 0 Å². The minimum Gasteiger partial charge on any atom is -0.450 e. The van der Waals surface area contributed by atoms with Crippen LogP contribution in [0.5, 0.6) is 0 Å². The van der Waals surface area contributed by atoms with Crippen LogP contribution in [0.1, 0.15) is 79.1 Å². The highest BCUT2D eigenvalue weighted by Crippen LogP contribution is 2.72. The summed E-state index contributed by atoms with van der Waals surface area (Å²) in [6.07, 6.45) is 6.45. The van der Waals surface area contributed by atoms with Crippen molar-refractivity contribution in [3.05, 3.63) is 23.3 Å². The molecule has 3 saturated carbocycles. The average Bonchev–Trinajstić information content (AvgIpc) is 3.06. The fourth-order valence-electron chi connectivity index (χ4n) is 7.96. The van der Waals surface area contributed by atoms with Crippen LogP contribution in [0.15, 0.2) is 23.3 Å². The largest absolute Gasteiger partial charge is 0.450 e. The Balaban J connectivity index is 1.78. The van der Waals surface area contributed by atoms with Crippen LogP contribution < -0.4 is 0 Å². The molecule has 0 aromatic heterocycles. The molecule has 4 rings (SSSR count). The summed E-state index contributed by atoms with van der Waals surface area (Å²) in [6.45, 7) is 7.11. The molecule has 0 aromatic carbocycles. The Kier molecular flexibility index (Phi) is 6.44. The summed E-state index contributed by atoms with van der Waals surface area (Å²) in [5, 5.41) is 21.6. The Morgan fingerprint density at radius 3 is 2.56 bits per heavy atom. The van der Waals surface area contributed by atoms with E-state index in [1.54, 1.807) is 12.2 Å². The van der Waals surface area contributed by atoms with E-state index in [1.165, 1.54) is 0 Å². The van der Waals surface area contributed by atoms with Crippen LogP contribution in [0.25, 0.3) is 0 Å². The lowest BCUT2D eigenvalue weighted by Gasteiger charge is -2.65. The molecule has 4 aliphatic rings. The molecule has 7 heteroatoms. The van der Waals surface area contributed by atoms with E-state index in [9.17, 15) is 24.6 Å². The average molecular weight is 493 g/mol. The standard InChI is InChI=1S/C27H37ClO6/c1-5-6-7-23(33)34-26(22(32)15-29)11-10-19-20-9-8-17-13-18(30)12-16(2)25(17,4)27(20,28)21(31)14-24(19,26)3/h12-13,19-21,29,31H,5-11,14-15H2,1-4H3/t19-,20-,21?,24-,25-,26-,27-/m0/s1. The van der Waals surface area contributed by atoms with E-state index in [4.69, 9.17) is 16.3 Å². The zero-order valence-electron chi connectivity index (χ0n) is 20.7. The number of Topliss-reactive ketones (excluding diaryl/α,β-unsaturated/α-hetero) is 1. The Hall–Kier alpha value is -1.50. The summed E-state index contributed by atoms with van der Waals surface area (Å²) in [5.41, 5.74) is -1.21. The Morgan fingerprint density at radius 2 is 1.91 bits per heavy atom. The summed E-state index contributed by atoms with van der Waals surface area (Å²) < 4.78 is 5.98. The number of hydrogen-bond donors (Lipinski definition) is 2. The Labute approximate surface area is 206 Å². The van der Waals surface area contributed by atoms with Gasteiger partial charge in [-0.2, -0.15) is 0 Å². The minimum atomic E-state index is -1.47. The first-order chi connectivity index (χ1) is 15.9. The van der Waals surface area contributed by atoms with Crippen molar-refractivity contribution in [3.8, 4) is 0 Å². The monoisotopic (exact) mass is 492 g/mol. The second-order valence-corrected chi connectivity index (χ2v) is 11.8. The van der Waals surface area contributed by atoms with Crippen molar-refractivity contribution < 1.29 is 29.3 Å². The number of rotatable bonds is 6. The van der Waals surface area contributed by atoms with E-state index in [-0.39, 0.29) is 30.5 Å². The van der Waals surface area contributed by atoms with Crippen molar-refractivity contribution in [1.29, 1.82) is 0 Å². The first kappa shape index (κ1) is 25.6. The molecule has 0 aliphatic heterocycles.